The van der Waals surface area contributed by atoms with Crippen LogP contribution in [-0.4, -0.2) is 67.7 Å². The Kier molecular flexibility index (Phi) is 6.96. The van der Waals surface area contributed by atoms with Crippen molar-refractivity contribution >= 4 is 21.8 Å². The maximum absolute atomic E-state index is 12.6. The predicted octanol–water partition coefficient (Wildman–Crippen LogP) is 0.153. The van der Waals surface area contributed by atoms with Crippen LogP contribution in [0.3, 0.4) is 0 Å². The molecule has 3 N–H and O–H groups in total. The van der Waals surface area contributed by atoms with Gasteiger partial charge in [-0.15, -0.1) is 0 Å². The van der Waals surface area contributed by atoms with Crippen LogP contribution in [-0.2, 0) is 19.6 Å². The summed E-state index contributed by atoms with van der Waals surface area (Å²) < 4.78 is 26.6. The standard InChI is InChI=1S/C18H28N4O4S/c1-18(2,14-19)20-16(23)8-9-17(24)21-10-12-22(13-11-21)27(25,26)15-6-4-3-5-7-15/h3-7H,8-14,19H2,1-2H3,(H,20,23). The summed E-state index contributed by atoms with van der Waals surface area (Å²) in [6.45, 7) is 5.08. The highest BCUT2D eigenvalue weighted by Crippen LogP contribution is 2.17. The van der Waals surface area contributed by atoms with Gasteiger partial charge < -0.3 is 16.0 Å². The molecule has 0 unspecified atom stereocenters. The third-order valence-electron chi connectivity index (χ3n) is 4.53. The topological polar surface area (TPSA) is 113 Å². The third-order valence-corrected chi connectivity index (χ3v) is 6.44. The van der Waals surface area contributed by atoms with E-state index in [4.69, 9.17) is 5.73 Å². The monoisotopic (exact) mass is 396 g/mol. The van der Waals surface area contributed by atoms with Crippen LogP contribution in [0.4, 0.5) is 0 Å². The van der Waals surface area contributed by atoms with Gasteiger partial charge in [-0.25, -0.2) is 8.42 Å². The molecule has 9 heteroatoms. The molecule has 0 radical (unpaired) electrons. The van der Waals surface area contributed by atoms with Crippen LogP contribution in [0.25, 0.3) is 0 Å². The highest BCUT2D eigenvalue weighted by Gasteiger charge is 2.30. The largest absolute Gasteiger partial charge is 0.350 e. The molecule has 0 saturated carbocycles. The lowest BCUT2D eigenvalue weighted by Gasteiger charge is -2.34. The minimum atomic E-state index is -3.54. The summed E-state index contributed by atoms with van der Waals surface area (Å²) in [7, 11) is -3.54. The zero-order valence-electron chi connectivity index (χ0n) is 15.8. The summed E-state index contributed by atoms with van der Waals surface area (Å²) in [4.78, 5) is 26.1. The van der Waals surface area contributed by atoms with E-state index in [1.165, 1.54) is 4.31 Å². The fraction of sp³-hybridized carbons (Fsp3) is 0.556. The van der Waals surface area contributed by atoms with Crippen LogP contribution in [0, 0.1) is 0 Å². The third kappa shape index (κ3) is 5.75. The Balaban J connectivity index is 1.83. The van der Waals surface area contributed by atoms with Gasteiger partial charge in [0, 0.05) is 51.1 Å². The summed E-state index contributed by atoms with van der Waals surface area (Å²) in [6, 6.07) is 8.26. The highest BCUT2D eigenvalue weighted by atomic mass is 32.2. The minimum Gasteiger partial charge on any atom is -0.350 e. The van der Waals surface area contributed by atoms with E-state index >= 15 is 0 Å². The molecule has 0 aromatic heterocycles. The molecule has 1 heterocycles. The number of piperazine rings is 1. The maximum Gasteiger partial charge on any atom is 0.243 e. The van der Waals surface area contributed by atoms with E-state index in [1.54, 1.807) is 35.2 Å². The Bertz CT molecular complexity index is 757. The highest BCUT2D eigenvalue weighted by molar-refractivity contribution is 7.89. The molecular weight excluding hydrogens is 368 g/mol. The number of rotatable bonds is 7. The van der Waals surface area contributed by atoms with Crippen molar-refractivity contribution in [2.45, 2.75) is 37.1 Å². The van der Waals surface area contributed by atoms with Crippen LogP contribution in [0.5, 0.6) is 0 Å². The molecule has 1 fully saturated rings. The number of sulfonamides is 1. The summed E-state index contributed by atoms with van der Waals surface area (Å²) in [5, 5.41) is 2.79. The Labute approximate surface area is 160 Å². The molecule has 1 saturated heterocycles. The van der Waals surface area contributed by atoms with Gasteiger partial charge in [0.05, 0.1) is 4.90 Å². The van der Waals surface area contributed by atoms with E-state index in [-0.39, 0.29) is 42.6 Å². The molecule has 0 spiro atoms. The number of carbonyl (C=O) groups excluding carboxylic acids is 2. The van der Waals surface area contributed by atoms with Crippen LogP contribution < -0.4 is 11.1 Å². The molecule has 1 aromatic rings. The van der Waals surface area contributed by atoms with Gasteiger partial charge in [0.2, 0.25) is 21.8 Å². The normalized spacial score (nSPS) is 16.2. The number of nitrogens with one attached hydrogen (secondary N) is 1. The first-order valence-electron chi connectivity index (χ1n) is 9.00. The molecule has 1 aliphatic rings. The smallest absolute Gasteiger partial charge is 0.243 e. The average molecular weight is 397 g/mol. The van der Waals surface area contributed by atoms with Crippen LogP contribution in [0.2, 0.25) is 0 Å². The molecule has 0 bridgehead atoms. The zero-order valence-corrected chi connectivity index (χ0v) is 16.7. The van der Waals surface area contributed by atoms with Gasteiger partial charge in [0.25, 0.3) is 0 Å². The van der Waals surface area contributed by atoms with Crippen molar-refractivity contribution in [3.8, 4) is 0 Å². The Morgan fingerprint density at radius 1 is 1.07 bits per heavy atom. The van der Waals surface area contributed by atoms with E-state index in [0.717, 1.165) is 0 Å². The number of benzene rings is 1. The van der Waals surface area contributed by atoms with Crippen molar-refractivity contribution in [3.63, 3.8) is 0 Å². The quantitative estimate of drug-likeness (QED) is 0.681. The molecule has 2 amide bonds. The van der Waals surface area contributed by atoms with Gasteiger partial charge in [-0.2, -0.15) is 4.31 Å². The molecular formula is C18H28N4O4S. The van der Waals surface area contributed by atoms with Crippen molar-refractivity contribution in [3.05, 3.63) is 30.3 Å². The van der Waals surface area contributed by atoms with Gasteiger partial charge in [0.1, 0.15) is 0 Å². The number of amides is 2. The lowest BCUT2D eigenvalue weighted by molar-refractivity contribution is -0.134. The molecule has 1 aromatic carbocycles. The first kappa shape index (κ1) is 21.3. The number of hydrogen-bond acceptors (Lipinski definition) is 5. The van der Waals surface area contributed by atoms with Crippen molar-refractivity contribution in [2.75, 3.05) is 32.7 Å². The Morgan fingerprint density at radius 2 is 1.67 bits per heavy atom. The predicted molar refractivity (Wildman–Crippen MR) is 102 cm³/mol. The molecule has 27 heavy (non-hydrogen) atoms. The van der Waals surface area contributed by atoms with E-state index in [1.807, 2.05) is 13.8 Å². The van der Waals surface area contributed by atoms with E-state index in [2.05, 4.69) is 5.32 Å². The lowest BCUT2D eigenvalue weighted by atomic mass is 10.1. The second-order valence-corrected chi connectivity index (χ2v) is 9.17. The Morgan fingerprint density at radius 3 is 2.22 bits per heavy atom. The molecule has 0 atom stereocenters. The van der Waals surface area contributed by atoms with Gasteiger partial charge in [-0.3, -0.25) is 9.59 Å². The molecule has 8 nitrogen and oxygen atoms in total. The summed E-state index contributed by atoms with van der Waals surface area (Å²) in [5.74, 6) is -0.364. The van der Waals surface area contributed by atoms with Crippen molar-refractivity contribution in [1.82, 2.24) is 14.5 Å². The number of hydrogen-bond donors (Lipinski definition) is 2. The Hall–Kier alpha value is -1.97. The molecule has 1 aliphatic heterocycles. The van der Waals surface area contributed by atoms with Crippen molar-refractivity contribution < 1.29 is 18.0 Å². The SMILES string of the molecule is CC(C)(CN)NC(=O)CCC(=O)N1CCN(S(=O)(=O)c2ccccc2)CC1. The second kappa shape index (κ2) is 8.81. The number of nitrogens with zero attached hydrogens (tertiary/aromatic N) is 2. The minimum absolute atomic E-state index is 0.0881. The average Bonchev–Trinajstić information content (AvgIpc) is 2.66. The van der Waals surface area contributed by atoms with Gasteiger partial charge >= 0.3 is 0 Å². The maximum atomic E-state index is 12.6. The second-order valence-electron chi connectivity index (χ2n) is 7.23. The van der Waals surface area contributed by atoms with Gasteiger partial charge in [-0.05, 0) is 26.0 Å². The molecule has 2 rings (SSSR count). The van der Waals surface area contributed by atoms with Crippen molar-refractivity contribution in [1.29, 1.82) is 0 Å². The van der Waals surface area contributed by atoms with E-state index in [9.17, 15) is 18.0 Å². The number of nitrogens with two attached hydrogens (primary N) is 1. The van der Waals surface area contributed by atoms with Gasteiger partial charge in [0.15, 0.2) is 0 Å². The zero-order chi connectivity index (χ0) is 20.1. The van der Waals surface area contributed by atoms with Crippen LogP contribution in [0.1, 0.15) is 26.7 Å². The molecule has 150 valence electrons. The first-order valence-corrected chi connectivity index (χ1v) is 10.4. The van der Waals surface area contributed by atoms with Crippen molar-refractivity contribution in [2.24, 2.45) is 5.73 Å². The number of carbonyl (C=O) groups is 2. The summed E-state index contributed by atoms with van der Waals surface area (Å²) in [5.41, 5.74) is 5.07. The molecule has 0 aliphatic carbocycles. The summed E-state index contributed by atoms with van der Waals surface area (Å²) in [6.07, 6.45) is 0.183. The van der Waals surface area contributed by atoms with Gasteiger partial charge in [-0.1, -0.05) is 18.2 Å². The summed E-state index contributed by atoms with van der Waals surface area (Å²) >= 11 is 0. The fourth-order valence-electron chi connectivity index (χ4n) is 2.79. The first-order chi connectivity index (χ1) is 12.7. The fourth-order valence-corrected chi connectivity index (χ4v) is 4.23. The van der Waals surface area contributed by atoms with Crippen LogP contribution >= 0.6 is 0 Å². The lowest BCUT2D eigenvalue weighted by Crippen LogP contribution is -2.51. The van der Waals surface area contributed by atoms with E-state index in [0.29, 0.717) is 19.6 Å². The van der Waals surface area contributed by atoms with Crippen LogP contribution in [0.15, 0.2) is 35.2 Å². The van der Waals surface area contributed by atoms with E-state index < -0.39 is 15.6 Å².